The maximum Gasteiger partial charge on any atom is 0.257 e. The molecule has 4 nitrogen and oxygen atoms in total. The van der Waals surface area contributed by atoms with Crippen molar-refractivity contribution in [3.8, 4) is 10.8 Å². The molecule has 7 heteroatoms. The zero-order chi connectivity index (χ0) is 14.8. The van der Waals surface area contributed by atoms with E-state index in [1.165, 1.54) is 4.88 Å². The second kappa shape index (κ2) is 6.27. The van der Waals surface area contributed by atoms with Crippen LogP contribution >= 0.6 is 34.3 Å². The van der Waals surface area contributed by atoms with Crippen molar-refractivity contribution >= 4 is 34.3 Å². The van der Waals surface area contributed by atoms with E-state index in [2.05, 4.69) is 22.0 Å². The number of halogens is 1. The first-order valence-electron chi connectivity index (χ1n) is 6.45. The third-order valence-electron chi connectivity index (χ3n) is 3.23. The van der Waals surface area contributed by atoms with Gasteiger partial charge in [0.15, 0.2) is 0 Å². The van der Waals surface area contributed by atoms with E-state index in [9.17, 15) is 0 Å². The summed E-state index contributed by atoms with van der Waals surface area (Å²) in [7, 11) is 2.04. The van der Waals surface area contributed by atoms with Crippen LogP contribution < -0.4 is 0 Å². The Balaban J connectivity index is 1.71. The van der Waals surface area contributed by atoms with Crippen LogP contribution in [0.3, 0.4) is 0 Å². The van der Waals surface area contributed by atoms with Crippen molar-refractivity contribution in [3.05, 3.63) is 44.7 Å². The first-order valence-corrected chi connectivity index (χ1v) is 8.52. The number of nitrogens with zero attached hydrogens (tertiary/aromatic N) is 3. The maximum absolute atomic E-state index is 5.96. The number of aromatic nitrogens is 2. The van der Waals surface area contributed by atoms with Crippen LogP contribution in [0.1, 0.15) is 23.7 Å². The minimum atomic E-state index is 0.0482. The van der Waals surface area contributed by atoms with E-state index in [0.717, 1.165) is 15.8 Å². The molecule has 0 N–H and O–H groups in total. The summed E-state index contributed by atoms with van der Waals surface area (Å²) < 4.78 is 6.59. The molecule has 0 unspecified atom stereocenters. The Bertz CT molecular complexity index is 707. The van der Waals surface area contributed by atoms with E-state index in [1.807, 2.05) is 36.7 Å². The van der Waals surface area contributed by atoms with E-state index < -0.39 is 0 Å². The Hall–Kier alpha value is -1.21. The Kier molecular flexibility index (Phi) is 4.40. The lowest BCUT2D eigenvalue weighted by Gasteiger charge is -2.20. The molecule has 0 amide bonds. The zero-order valence-corrected chi connectivity index (χ0v) is 14.0. The molecule has 0 radical (unpaired) electrons. The van der Waals surface area contributed by atoms with Crippen LogP contribution in [0.15, 0.2) is 34.1 Å². The van der Waals surface area contributed by atoms with Gasteiger partial charge in [0.25, 0.3) is 5.89 Å². The molecule has 3 heterocycles. The SMILES string of the molecule is C[C@@H](c1nnc(-c2cccs2)o1)N(C)Cc1ccc(Cl)s1. The minimum Gasteiger partial charge on any atom is -0.418 e. The molecule has 0 saturated carbocycles. The summed E-state index contributed by atoms with van der Waals surface area (Å²) >= 11 is 9.14. The normalized spacial score (nSPS) is 13.0. The smallest absolute Gasteiger partial charge is 0.257 e. The second-order valence-corrected chi connectivity index (χ2v) is 7.47. The first-order chi connectivity index (χ1) is 10.1. The van der Waals surface area contributed by atoms with Crippen LogP contribution in [0.2, 0.25) is 4.34 Å². The first kappa shape index (κ1) is 14.7. The summed E-state index contributed by atoms with van der Waals surface area (Å²) in [6, 6.07) is 7.96. The average molecular weight is 340 g/mol. The largest absolute Gasteiger partial charge is 0.418 e. The summed E-state index contributed by atoms with van der Waals surface area (Å²) in [4.78, 5) is 4.37. The van der Waals surface area contributed by atoms with Crippen LogP contribution in [0.25, 0.3) is 10.8 Å². The second-order valence-electron chi connectivity index (χ2n) is 4.72. The molecule has 3 aromatic heterocycles. The van der Waals surface area contributed by atoms with Crippen molar-refractivity contribution in [2.75, 3.05) is 7.05 Å². The van der Waals surface area contributed by atoms with Crippen LogP contribution in [0, 0.1) is 0 Å². The molecule has 0 fully saturated rings. The zero-order valence-electron chi connectivity index (χ0n) is 11.6. The van der Waals surface area contributed by atoms with Crippen LogP contribution in [0.5, 0.6) is 0 Å². The van der Waals surface area contributed by atoms with Gasteiger partial charge < -0.3 is 4.42 Å². The van der Waals surface area contributed by atoms with Crippen LogP contribution in [-0.2, 0) is 6.54 Å². The Morgan fingerprint density at radius 2 is 2.19 bits per heavy atom. The highest BCUT2D eigenvalue weighted by Gasteiger charge is 2.20. The summed E-state index contributed by atoms with van der Waals surface area (Å²) in [6.07, 6.45) is 0. The third-order valence-corrected chi connectivity index (χ3v) is 5.30. The van der Waals surface area contributed by atoms with Crippen molar-refractivity contribution in [1.29, 1.82) is 0 Å². The fourth-order valence-electron chi connectivity index (χ4n) is 1.91. The van der Waals surface area contributed by atoms with Gasteiger partial charge >= 0.3 is 0 Å². The molecular formula is C14H14ClN3OS2. The van der Waals surface area contributed by atoms with Gasteiger partial charge in [0, 0.05) is 11.4 Å². The van der Waals surface area contributed by atoms with Gasteiger partial charge in [-0.05, 0) is 37.6 Å². The van der Waals surface area contributed by atoms with Crippen molar-refractivity contribution in [3.63, 3.8) is 0 Å². The number of hydrogen-bond acceptors (Lipinski definition) is 6. The van der Waals surface area contributed by atoms with Crippen molar-refractivity contribution in [1.82, 2.24) is 15.1 Å². The number of hydrogen-bond donors (Lipinski definition) is 0. The van der Waals surface area contributed by atoms with Gasteiger partial charge in [0.05, 0.1) is 15.3 Å². The summed E-state index contributed by atoms with van der Waals surface area (Å²) in [5, 5.41) is 10.3. The van der Waals surface area contributed by atoms with Crippen molar-refractivity contribution < 1.29 is 4.42 Å². The molecule has 0 aliphatic rings. The summed E-state index contributed by atoms with van der Waals surface area (Å²) in [5.74, 6) is 1.21. The quantitative estimate of drug-likeness (QED) is 0.675. The monoisotopic (exact) mass is 339 g/mol. The molecular weight excluding hydrogens is 326 g/mol. The lowest BCUT2D eigenvalue weighted by atomic mass is 10.3. The lowest BCUT2D eigenvalue weighted by Crippen LogP contribution is -2.21. The molecule has 0 bridgehead atoms. The molecule has 3 aromatic rings. The minimum absolute atomic E-state index is 0.0482. The highest BCUT2D eigenvalue weighted by molar-refractivity contribution is 7.16. The molecule has 110 valence electrons. The Morgan fingerprint density at radius 1 is 1.33 bits per heavy atom. The standard InChI is InChI=1S/C14H14ClN3OS2/c1-9(18(2)8-10-5-6-12(15)21-10)13-16-17-14(19-13)11-4-3-7-20-11/h3-7,9H,8H2,1-2H3/t9-/m0/s1. The van der Waals surface area contributed by atoms with Gasteiger partial charge in [-0.2, -0.15) is 0 Å². The van der Waals surface area contributed by atoms with E-state index in [-0.39, 0.29) is 6.04 Å². The fourth-order valence-corrected chi connectivity index (χ4v) is 3.71. The molecule has 0 aromatic carbocycles. The maximum atomic E-state index is 5.96. The Morgan fingerprint density at radius 3 is 2.86 bits per heavy atom. The summed E-state index contributed by atoms with van der Waals surface area (Å²) in [5.41, 5.74) is 0. The predicted molar refractivity (Wildman–Crippen MR) is 86.8 cm³/mol. The summed E-state index contributed by atoms with van der Waals surface area (Å²) in [6.45, 7) is 2.86. The molecule has 0 aliphatic heterocycles. The molecule has 0 aliphatic carbocycles. The van der Waals surface area contributed by atoms with E-state index in [0.29, 0.717) is 11.8 Å². The van der Waals surface area contributed by atoms with E-state index >= 15 is 0 Å². The van der Waals surface area contributed by atoms with Crippen LogP contribution in [-0.4, -0.2) is 22.1 Å². The number of thiophene rings is 2. The predicted octanol–water partition coefficient (Wildman–Crippen LogP) is 4.71. The van der Waals surface area contributed by atoms with Crippen molar-refractivity contribution in [2.45, 2.75) is 19.5 Å². The highest BCUT2D eigenvalue weighted by atomic mass is 35.5. The van der Waals surface area contributed by atoms with Crippen LogP contribution in [0.4, 0.5) is 0 Å². The van der Waals surface area contributed by atoms with Crippen molar-refractivity contribution in [2.24, 2.45) is 0 Å². The van der Waals surface area contributed by atoms with Gasteiger partial charge in [-0.1, -0.05) is 17.7 Å². The molecule has 0 saturated heterocycles. The third kappa shape index (κ3) is 3.35. The lowest BCUT2D eigenvalue weighted by molar-refractivity contribution is 0.220. The van der Waals surface area contributed by atoms with Gasteiger partial charge in [-0.3, -0.25) is 4.90 Å². The van der Waals surface area contributed by atoms with Gasteiger partial charge in [0.2, 0.25) is 5.89 Å². The van der Waals surface area contributed by atoms with E-state index in [1.54, 1.807) is 22.7 Å². The molecule has 3 rings (SSSR count). The van der Waals surface area contributed by atoms with Gasteiger partial charge in [-0.15, -0.1) is 32.9 Å². The number of rotatable bonds is 5. The molecule has 21 heavy (non-hydrogen) atoms. The van der Waals surface area contributed by atoms with E-state index in [4.69, 9.17) is 16.0 Å². The topological polar surface area (TPSA) is 42.2 Å². The molecule has 0 spiro atoms. The van der Waals surface area contributed by atoms with Gasteiger partial charge in [-0.25, -0.2) is 0 Å². The van der Waals surface area contributed by atoms with Gasteiger partial charge in [0.1, 0.15) is 0 Å². The Labute approximate surface area is 136 Å². The molecule has 1 atom stereocenters. The fraction of sp³-hybridized carbons (Fsp3) is 0.286. The highest BCUT2D eigenvalue weighted by Crippen LogP contribution is 2.28. The average Bonchev–Trinajstić information content (AvgIpc) is 3.18.